The van der Waals surface area contributed by atoms with Crippen molar-refractivity contribution in [2.75, 3.05) is 23.4 Å². The molecule has 0 atom stereocenters. The fourth-order valence-electron chi connectivity index (χ4n) is 3.35. The third-order valence-corrected chi connectivity index (χ3v) is 4.85. The van der Waals surface area contributed by atoms with Gasteiger partial charge >= 0.3 is 0 Å². The van der Waals surface area contributed by atoms with Crippen LogP contribution in [0.4, 0.5) is 11.5 Å². The topological polar surface area (TPSA) is 54.5 Å². The molecule has 0 fully saturated rings. The predicted molar refractivity (Wildman–Crippen MR) is 111 cm³/mol. The van der Waals surface area contributed by atoms with E-state index < -0.39 is 0 Å². The first-order valence-corrected chi connectivity index (χ1v) is 9.53. The van der Waals surface area contributed by atoms with Crippen LogP contribution in [0.25, 0.3) is 0 Å². The maximum atomic E-state index is 12.1. The van der Waals surface area contributed by atoms with Crippen LogP contribution >= 0.6 is 0 Å². The van der Waals surface area contributed by atoms with Crippen molar-refractivity contribution >= 4 is 17.4 Å². The van der Waals surface area contributed by atoms with Crippen LogP contribution in [-0.4, -0.2) is 24.0 Å². The lowest BCUT2D eigenvalue weighted by atomic mass is 10.00. The van der Waals surface area contributed by atoms with Gasteiger partial charge in [-0.1, -0.05) is 42.5 Å². The van der Waals surface area contributed by atoms with Gasteiger partial charge < -0.3 is 15.0 Å². The molecule has 28 heavy (non-hydrogen) atoms. The van der Waals surface area contributed by atoms with Crippen molar-refractivity contribution in [1.29, 1.82) is 0 Å². The van der Waals surface area contributed by atoms with E-state index in [4.69, 9.17) is 4.74 Å². The fraction of sp³-hybridized carbons (Fsp3) is 0.217. The third kappa shape index (κ3) is 4.49. The van der Waals surface area contributed by atoms with Gasteiger partial charge in [-0.3, -0.25) is 4.79 Å². The first kappa shape index (κ1) is 18.0. The van der Waals surface area contributed by atoms with Crippen LogP contribution in [-0.2, 0) is 17.8 Å². The van der Waals surface area contributed by atoms with Crippen molar-refractivity contribution in [3.05, 3.63) is 84.1 Å². The summed E-state index contributed by atoms with van der Waals surface area (Å²) in [5.41, 5.74) is 3.86. The molecule has 0 radical (unpaired) electrons. The molecule has 3 aromatic rings. The monoisotopic (exact) mass is 373 g/mol. The number of carbonyl (C=O) groups is 1. The van der Waals surface area contributed by atoms with Gasteiger partial charge in [-0.05, 0) is 41.8 Å². The average Bonchev–Trinajstić information content (AvgIpc) is 2.75. The smallest absolute Gasteiger partial charge is 0.228 e. The number of pyridine rings is 1. The SMILES string of the molecule is O=C(CCOc1ccccc1)Nc1ccc(N2CCc3ccccc3C2)cn1. The second-order valence-corrected chi connectivity index (χ2v) is 6.80. The molecule has 0 saturated heterocycles. The van der Waals surface area contributed by atoms with Gasteiger partial charge in [0.15, 0.2) is 0 Å². The van der Waals surface area contributed by atoms with Gasteiger partial charge in [0.25, 0.3) is 0 Å². The Balaban J connectivity index is 1.28. The molecule has 0 saturated carbocycles. The van der Waals surface area contributed by atoms with E-state index in [1.807, 2.05) is 48.7 Å². The highest BCUT2D eigenvalue weighted by Gasteiger charge is 2.16. The second-order valence-electron chi connectivity index (χ2n) is 6.80. The number of aromatic nitrogens is 1. The average molecular weight is 373 g/mol. The molecule has 0 unspecified atom stereocenters. The van der Waals surface area contributed by atoms with Crippen molar-refractivity contribution < 1.29 is 9.53 Å². The van der Waals surface area contributed by atoms with Crippen LogP contribution in [0.1, 0.15) is 17.5 Å². The van der Waals surface area contributed by atoms with Gasteiger partial charge in [-0.25, -0.2) is 4.98 Å². The Hall–Kier alpha value is -3.34. The van der Waals surface area contributed by atoms with Crippen molar-refractivity contribution in [3.63, 3.8) is 0 Å². The number of para-hydroxylation sites is 1. The molecule has 2 heterocycles. The largest absolute Gasteiger partial charge is 0.493 e. The van der Waals surface area contributed by atoms with Gasteiger partial charge in [-0.15, -0.1) is 0 Å². The van der Waals surface area contributed by atoms with Gasteiger partial charge in [0.05, 0.1) is 24.9 Å². The quantitative estimate of drug-likeness (QED) is 0.708. The molecule has 4 rings (SSSR count). The van der Waals surface area contributed by atoms with E-state index in [-0.39, 0.29) is 12.3 Å². The summed E-state index contributed by atoms with van der Waals surface area (Å²) < 4.78 is 5.55. The maximum absolute atomic E-state index is 12.1. The molecule has 5 nitrogen and oxygen atoms in total. The zero-order chi connectivity index (χ0) is 19.2. The number of hydrogen-bond donors (Lipinski definition) is 1. The van der Waals surface area contributed by atoms with Crippen molar-refractivity contribution in [3.8, 4) is 5.75 Å². The highest BCUT2D eigenvalue weighted by molar-refractivity contribution is 5.89. The van der Waals surface area contributed by atoms with E-state index >= 15 is 0 Å². The Morgan fingerprint density at radius 3 is 2.57 bits per heavy atom. The van der Waals surface area contributed by atoms with E-state index in [9.17, 15) is 4.79 Å². The Morgan fingerprint density at radius 2 is 1.79 bits per heavy atom. The zero-order valence-electron chi connectivity index (χ0n) is 15.7. The first-order valence-electron chi connectivity index (χ1n) is 9.53. The number of nitrogens with one attached hydrogen (secondary N) is 1. The summed E-state index contributed by atoms with van der Waals surface area (Å²) in [5, 5.41) is 2.83. The van der Waals surface area contributed by atoms with Gasteiger partial charge in [0.2, 0.25) is 5.91 Å². The highest BCUT2D eigenvalue weighted by Crippen LogP contribution is 2.24. The van der Waals surface area contributed by atoms with Crippen LogP contribution in [0.5, 0.6) is 5.75 Å². The molecule has 1 amide bonds. The summed E-state index contributed by atoms with van der Waals surface area (Å²) >= 11 is 0. The number of benzene rings is 2. The summed E-state index contributed by atoms with van der Waals surface area (Å²) in [7, 11) is 0. The molecule has 1 aromatic heterocycles. The van der Waals surface area contributed by atoms with Crippen LogP contribution in [0.2, 0.25) is 0 Å². The molecule has 1 aliphatic rings. The number of hydrogen-bond acceptors (Lipinski definition) is 4. The molecule has 1 N–H and O–H groups in total. The van der Waals surface area contributed by atoms with E-state index in [1.54, 1.807) is 0 Å². The number of fused-ring (bicyclic) bond motifs is 1. The molecule has 2 aromatic carbocycles. The normalized spacial score (nSPS) is 12.9. The van der Waals surface area contributed by atoms with E-state index in [2.05, 4.69) is 39.5 Å². The number of ether oxygens (including phenoxy) is 1. The molecule has 0 aliphatic carbocycles. The van der Waals surface area contributed by atoms with E-state index in [0.717, 1.165) is 30.9 Å². The molecule has 0 bridgehead atoms. The van der Waals surface area contributed by atoms with Crippen molar-refractivity contribution in [1.82, 2.24) is 4.98 Å². The molecule has 142 valence electrons. The maximum Gasteiger partial charge on any atom is 0.228 e. The Morgan fingerprint density at radius 1 is 1.00 bits per heavy atom. The van der Waals surface area contributed by atoms with Crippen LogP contribution in [0, 0.1) is 0 Å². The highest BCUT2D eigenvalue weighted by atomic mass is 16.5. The number of nitrogens with zero attached hydrogens (tertiary/aromatic N) is 2. The Kier molecular flexibility index (Phi) is 5.52. The summed E-state index contributed by atoms with van der Waals surface area (Å²) in [5.74, 6) is 1.22. The van der Waals surface area contributed by atoms with Crippen LogP contribution in [0.3, 0.4) is 0 Å². The molecular formula is C23H23N3O2. The summed E-state index contributed by atoms with van der Waals surface area (Å²) in [6.07, 6.45) is 3.14. The summed E-state index contributed by atoms with van der Waals surface area (Å²) in [6.45, 7) is 2.20. The minimum Gasteiger partial charge on any atom is -0.493 e. The molecule has 1 aliphatic heterocycles. The summed E-state index contributed by atoms with van der Waals surface area (Å²) in [6, 6.07) is 21.9. The lowest BCUT2D eigenvalue weighted by molar-refractivity contribution is -0.116. The summed E-state index contributed by atoms with van der Waals surface area (Å²) in [4.78, 5) is 18.8. The number of carbonyl (C=O) groups excluding carboxylic acids is 1. The fourth-order valence-corrected chi connectivity index (χ4v) is 3.35. The van der Waals surface area contributed by atoms with E-state index in [0.29, 0.717) is 12.4 Å². The zero-order valence-corrected chi connectivity index (χ0v) is 15.7. The lowest BCUT2D eigenvalue weighted by Gasteiger charge is -2.30. The Bertz CT molecular complexity index is 926. The van der Waals surface area contributed by atoms with E-state index in [1.165, 1.54) is 11.1 Å². The van der Waals surface area contributed by atoms with Crippen LogP contribution < -0.4 is 15.0 Å². The number of rotatable bonds is 6. The minimum absolute atomic E-state index is 0.108. The van der Waals surface area contributed by atoms with Crippen LogP contribution in [0.15, 0.2) is 72.9 Å². The lowest BCUT2D eigenvalue weighted by Crippen LogP contribution is -2.30. The predicted octanol–water partition coefficient (Wildman–Crippen LogP) is 4.05. The van der Waals surface area contributed by atoms with Gasteiger partial charge in [-0.2, -0.15) is 0 Å². The van der Waals surface area contributed by atoms with Crippen molar-refractivity contribution in [2.24, 2.45) is 0 Å². The Labute approximate surface area is 165 Å². The van der Waals surface area contributed by atoms with Gasteiger partial charge in [0, 0.05) is 13.1 Å². The number of amides is 1. The first-order chi connectivity index (χ1) is 13.8. The molecule has 0 spiro atoms. The standard InChI is InChI=1S/C23H23N3O2/c27-23(13-15-28-21-8-2-1-3-9-21)25-22-11-10-20(16-24-22)26-14-12-18-6-4-5-7-19(18)17-26/h1-11,16H,12-15,17H2,(H,24,25,27). The molecule has 5 heteroatoms. The van der Waals surface area contributed by atoms with Gasteiger partial charge in [0.1, 0.15) is 11.6 Å². The third-order valence-electron chi connectivity index (χ3n) is 4.85. The second kappa shape index (κ2) is 8.57. The van der Waals surface area contributed by atoms with Crippen molar-refractivity contribution in [2.45, 2.75) is 19.4 Å². The molecular weight excluding hydrogens is 350 g/mol. The number of anilines is 2. The minimum atomic E-state index is -0.108.